The van der Waals surface area contributed by atoms with Crippen molar-refractivity contribution in [2.24, 2.45) is 0 Å². The molecule has 1 fully saturated rings. The van der Waals surface area contributed by atoms with Gasteiger partial charge in [0.15, 0.2) is 5.43 Å². The zero-order valence-electron chi connectivity index (χ0n) is 32.5. The third-order valence-corrected chi connectivity index (χ3v) is 10.3. The van der Waals surface area contributed by atoms with E-state index >= 15 is 8.78 Å². The molecule has 1 atom stereocenters. The fourth-order valence-corrected chi connectivity index (χ4v) is 7.56. The smallest absolute Gasteiger partial charge is 0.410 e. The largest absolute Gasteiger partial charge is 0.444 e. The Morgan fingerprint density at radius 1 is 0.929 bits per heavy atom. The maximum Gasteiger partial charge on any atom is 0.410 e. The summed E-state index contributed by atoms with van der Waals surface area (Å²) < 4.78 is 44.0. The van der Waals surface area contributed by atoms with Crippen LogP contribution < -0.4 is 5.43 Å². The zero-order chi connectivity index (χ0) is 40.2. The van der Waals surface area contributed by atoms with Crippen LogP contribution in [-0.4, -0.2) is 67.0 Å². The lowest BCUT2D eigenvalue weighted by Gasteiger charge is -2.28. The minimum absolute atomic E-state index is 0.108. The van der Waals surface area contributed by atoms with Crippen LogP contribution in [-0.2, 0) is 21.9 Å². The summed E-state index contributed by atoms with van der Waals surface area (Å²) in [5.74, 6) is -2.20. The van der Waals surface area contributed by atoms with Crippen molar-refractivity contribution in [3.63, 3.8) is 0 Å². The second-order valence-electron chi connectivity index (χ2n) is 16.5. The summed E-state index contributed by atoms with van der Waals surface area (Å²) in [6.45, 7) is 12.0. The highest BCUT2D eigenvalue weighted by Gasteiger charge is 2.45. The molecule has 56 heavy (non-hydrogen) atoms. The molecule has 3 heterocycles. The van der Waals surface area contributed by atoms with E-state index in [4.69, 9.17) is 9.47 Å². The molecule has 2 amide bonds. The van der Waals surface area contributed by atoms with Gasteiger partial charge in [0.25, 0.3) is 5.92 Å². The van der Waals surface area contributed by atoms with Gasteiger partial charge < -0.3 is 24.3 Å². The molecule has 5 aromatic rings. The van der Waals surface area contributed by atoms with E-state index in [1.165, 1.54) is 18.2 Å². The van der Waals surface area contributed by atoms with Crippen molar-refractivity contribution in [3.8, 4) is 33.5 Å². The number of benzene rings is 3. The minimum Gasteiger partial charge on any atom is -0.444 e. The average Bonchev–Trinajstić information content (AvgIpc) is 3.86. The summed E-state index contributed by atoms with van der Waals surface area (Å²) in [4.78, 5) is 53.5. The van der Waals surface area contributed by atoms with Gasteiger partial charge in [-0.15, -0.1) is 0 Å². The number of halogens is 2. The zero-order valence-corrected chi connectivity index (χ0v) is 33.4. The number of alkyl halides is 2. The predicted molar refractivity (Wildman–Crippen MR) is 216 cm³/mol. The standard InChI is InChI=1S/C43H47F2N5O5S/c1-41(2,3)54-39(52)49(16-8-18-56)24-38-46-23-35(48-38)27-12-14-29-28-13-10-25(19-31(28)43(44,45)32(29)20-27)26-11-15-30-33(21-26)47-34(22-37(30)51)36-9-7-17-50(36)40(53)55-42(4,5)6/h10-15,19-23,36,56H,7-9,16-18,24H2,1-6H3,(H,46,48)(H,47,51). The number of nitrogens with one attached hydrogen (secondary N) is 2. The first-order valence-corrected chi connectivity index (χ1v) is 19.5. The summed E-state index contributed by atoms with van der Waals surface area (Å²) in [6, 6.07) is 16.4. The molecule has 10 nitrogen and oxygen atoms in total. The molecule has 2 N–H and O–H groups in total. The van der Waals surface area contributed by atoms with E-state index in [9.17, 15) is 14.4 Å². The number of carbonyl (C=O) groups excluding carboxylic acids is 2. The van der Waals surface area contributed by atoms with Crippen LogP contribution in [0.1, 0.15) is 89.5 Å². The number of amides is 2. The van der Waals surface area contributed by atoms with Crippen molar-refractivity contribution in [1.82, 2.24) is 24.8 Å². The van der Waals surface area contributed by atoms with Crippen LogP contribution in [0.25, 0.3) is 44.4 Å². The molecule has 0 radical (unpaired) electrons. The highest BCUT2D eigenvalue weighted by Crippen LogP contribution is 2.52. The Morgan fingerprint density at radius 2 is 1.57 bits per heavy atom. The van der Waals surface area contributed by atoms with Crippen molar-refractivity contribution < 1.29 is 27.8 Å². The van der Waals surface area contributed by atoms with Crippen molar-refractivity contribution >= 4 is 35.7 Å². The molecule has 7 rings (SSSR count). The van der Waals surface area contributed by atoms with E-state index in [1.807, 2.05) is 26.8 Å². The molecule has 2 aliphatic rings. The van der Waals surface area contributed by atoms with E-state index in [2.05, 4.69) is 27.6 Å². The van der Waals surface area contributed by atoms with Crippen molar-refractivity contribution in [1.29, 1.82) is 0 Å². The highest BCUT2D eigenvalue weighted by molar-refractivity contribution is 7.80. The van der Waals surface area contributed by atoms with Gasteiger partial charge in [-0.3, -0.25) is 9.69 Å². The number of nitrogens with zero attached hydrogens (tertiary/aromatic N) is 3. The number of thiol groups is 1. The molecule has 1 saturated heterocycles. The van der Waals surface area contributed by atoms with E-state index in [0.29, 0.717) is 87.6 Å². The Bertz CT molecular complexity index is 2380. The molecule has 1 aliphatic carbocycles. The first kappa shape index (κ1) is 39.1. The van der Waals surface area contributed by atoms with E-state index in [-0.39, 0.29) is 29.1 Å². The lowest BCUT2D eigenvalue weighted by Crippen LogP contribution is -2.37. The summed E-state index contributed by atoms with van der Waals surface area (Å²) >= 11 is 4.28. The van der Waals surface area contributed by atoms with Crippen LogP contribution in [0.3, 0.4) is 0 Å². The van der Waals surface area contributed by atoms with E-state index < -0.39 is 29.3 Å². The van der Waals surface area contributed by atoms with Crippen molar-refractivity contribution in [3.05, 3.63) is 99.7 Å². The van der Waals surface area contributed by atoms with Gasteiger partial charge in [-0.2, -0.15) is 21.4 Å². The fourth-order valence-electron chi connectivity index (χ4n) is 7.42. The summed E-state index contributed by atoms with van der Waals surface area (Å²) in [6.07, 6.45) is 2.86. The Hall–Kier alpha value is -5.17. The normalized spacial score (nSPS) is 16.2. The van der Waals surface area contributed by atoms with Crippen molar-refractivity contribution in [2.75, 3.05) is 18.8 Å². The number of H-pyrrole nitrogens is 2. The number of rotatable bonds is 8. The second kappa shape index (κ2) is 14.7. The van der Waals surface area contributed by atoms with Crippen LogP contribution in [0.5, 0.6) is 0 Å². The van der Waals surface area contributed by atoms with Gasteiger partial charge in [0.05, 0.1) is 23.8 Å². The number of carbonyl (C=O) groups is 2. The molecule has 13 heteroatoms. The Morgan fingerprint density at radius 3 is 2.25 bits per heavy atom. The minimum atomic E-state index is -3.29. The number of pyridine rings is 1. The molecular weight excluding hydrogens is 737 g/mol. The first-order chi connectivity index (χ1) is 26.4. The van der Waals surface area contributed by atoms with Gasteiger partial charge >= 0.3 is 12.2 Å². The van der Waals surface area contributed by atoms with Crippen LogP contribution in [0.4, 0.5) is 18.4 Å². The molecule has 1 unspecified atom stereocenters. The molecule has 294 valence electrons. The predicted octanol–water partition coefficient (Wildman–Crippen LogP) is 9.83. The molecule has 0 spiro atoms. The van der Waals surface area contributed by atoms with Crippen LogP contribution in [0.15, 0.2) is 71.7 Å². The van der Waals surface area contributed by atoms with Crippen LogP contribution in [0.2, 0.25) is 0 Å². The monoisotopic (exact) mass is 783 g/mol. The van der Waals surface area contributed by atoms with Crippen LogP contribution >= 0.6 is 12.6 Å². The van der Waals surface area contributed by atoms with Gasteiger partial charge in [-0.05, 0) is 113 Å². The average molecular weight is 784 g/mol. The quantitative estimate of drug-likeness (QED) is 0.135. The Balaban J connectivity index is 1.14. The van der Waals surface area contributed by atoms with Gasteiger partial charge in [0, 0.05) is 53.1 Å². The molecule has 2 aromatic heterocycles. The molecule has 0 bridgehead atoms. The molecular formula is C43H47F2N5O5S. The highest BCUT2D eigenvalue weighted by atomic mass is 32.1. The summed E-state index contributed by atoms with van der Waals surface area (Å²) in [7, 11) is 0. The van der Waals surface area contributed by atoms with Gasteiger partial charge in [0.2, 0.25) is 0 Å². The molecule has 1 aliphatic heterocycles. The number of fused-ring (bicyclic) bond motifs is 4. The van der Waals surface area contributed by atoms with E-state index in [1.54, 1.807) is 73.2 Å². The summed E-state index contributed by atoms with van der Waals surface area (Å²) in [5, 5.41) is 0.461. The summed E-state index contributed by atoms with van der Waals surface area (Å²) in [5.41, 5.74) is 2.53. The number of hydrogen-bond donors (Lipinski definition) is 3. The van der Waals surface area contributed by atoms with Gasteiger partial charge in [0.1, 0.15) is 17.0 Å². The fraction of sp³-hybridized carbons (Fsp3) is 0.395. The number of likely N-dealkylation sites (tertiary alicyclic amines) is 1. The Kier molecular flexibility index (Phi) is 10.3. The number of aromatic nitrogens is 3. The topological polar surface area (TPSA) is 121 Å². The third-order valence-electron chi connectivity index (χ3n) is 9.93. The Labute approximate surface area is 330 Å². The maximum atomic E-state index is 16.4. The van der Waals surface area contributed by atoms with Crippen molar-refractivity contribution in [2.45, 2.75) is 90.5 Å². The van der Waals surface area contributed by atoms with Crippen LogP contribution in [0, 0.1) is 0 Å². The number of ether oxygens (including phenoxy) is 2. The lowest BCUT2D eigenvalue weighted by molar-refractivity contribution is 0.0215. The number of hydrogen-bond acceptors (Lipinski definition) is 7. The number of imidazole rings is 1. The number of aromatic amines is 2. The second-order valence-corrected chi connectivity index (χ2v) is 16.9. The third kappa shape index (κ3) is 7.91. The maximum absolute atomic E-state index is 16.4. The molecule has 3 aromatic carbocycles. The van der Waals surface area contributed by atoms with E-state index in [0.717, 1.165) is 6.42 Å². The molecule has 0 saturated carbocycles. The van der Waals surface area contributed by atoms with Gasteiger partial charge in [-0.25, -0.2) is 14.6 Å². The lowest BCUT2D eigenvalue weighted by atomic mass is 9.97. The van der Waals surface area contributed by atoms with Gasteiger partial charge in [-0.1, -0.05) is 30.3 Å². The first-order valence-electron chi connectivity index (χ1n) is 18.9. The SMILES string of the molecule is CC(C)(C)OC(=O)N(CCCS)Cc1nc(-c2ccc3c(c2)C(F)(F)c2cc(-c4ccc5c(=O)cc(C6CCCN6C(=O)OC(C)(C)C)[nH]c5c4)ccc2-3)c[nH]1.